The fraction of sp³-hybridized carbons (Fsp3) is 0.727. The molecular formula is C11H20ClN5O2. The van der Waals surface area contributed by atoms with Gasteiger partial charge in [0.15, 0.2) is 0 Å². The van der Waals surface area contributed by atoms with Crippen LogP contribution in [0.1, 0.15) is 13.8 Å². The molecule has 0 saturated carbocycles. The van der Waals surface area contributed by atoms with E-state index in [2.05, 4.69) is 20.3 Å². The van der Waals surface area contributed by atoms with Gasteiger partial charge >= 0.3 is 0 Å². The smallest absolute Gasteiger partial charge is 0.231 e. The summed E-state index contributed by atoms with van der Waals surface area (Å²) in [6, 6.07) is 0. The Morgan fingerprint density at radius 2 is 2.00 bits per heavy atom. The molecule has 0 aliphatic heterocycles. The largest absolute Gasteiger partial charge is 0.389 e. The Morgan fingerprint density at radius 3 is 2.58 bits per heavy atom. The van der Waals surface area contributed by atoms with Crippen molar-refractivity contribution in [1.82, 2.24) is 15.0 Å². The van der Waals surface area contributed by atoms with Crippen molar-refractivity contribution in [2.24, 2.45) is 0 Å². The molecule has 0 bridgehead atoms. The van der Waals surface area contributed by atoms with Crippen LogP contribution in [0.15, 0.2) is 0 Å². The summed E-state index contributed by atoms with van der Waals surface area (Å²) in [5.74, 6) is 0.866. The third-order valence-corrected chi connectivity index (χ3v) is 2.67. The molecule has 7 nitrogen and oxygen atoms in total. The van der Waals surface area contributed by atoms with Gasteiger partial charge in [-0.1, -0.05) is 0 Å². The summed E-state index contributed by atoms with van der Waals surface area (Å²) in [4.78, 5) is 14.3. The lowest BCUT2D eigenvalue weighted by Gasteiger charge is -2.19. The van der Waals surface area contributed by atoms with Crippen molar-refractivity contribution in [1.29, 1.82) is 0 Å². The molecule has 0 saturated heterocycles. The van der Waals surface area contributed by atoms with E-state index in [-0.39, 0.29) is 18.4 Å². The van der Waals surface area contributed by atoms with Crippen molar-refractivity contribution in [2.45, 2.75) is 20.0 Å². The van der Waals surface area contributed by atoms with Crippen molar-refractivity contribution >= 4 is 23.5 Å². The second kappa shape index (κ2) is 8.08. The standard InChI is InChI=1S/C11H20ClN5O2/c1-4-17(5-2)11-15-9(12)14-10(16-11)13-6-8(18)7-19-3/h8,18H,4-7H2,1-3H3,(H,13,14,15,16). The van der Waals surface area contributed by atoms with Crippen LogP contribution in [0, 0.1) is 0 Å². The first kappa shape index (κ1) is 15.9. The number of anilines is 2. The van der Waals surface area contributed by atoms with Gasteiger partial charge in [-0.15, -0.1) is 0 Å². The quantitative estimate of drug-likeness (QED) is 0.732. The molecule has 108 valence electrons. The molecule has 0 aliphatic rings. The lowest BCUT2D eigenvalue weighted by atomic mass is 10.4. The maximum absolute atomic E-state index is 9.55. The molecule has 1 atom stereocenters. The first-order valence-corrected chi connectivity index (χ1v) is 6.55. The number of nitrogens with zero attached hydrogens (tertiary/aromatic N) is 4. The fourth-order valence-electron chi connectivity index (χ4n) is 1.53. The first-order valence-electron chi connectivity index (χ1n) is 6.18. The van der Waals surface area contributed by atoms with Crippen LogP contribution < -0.4 is 10.2 Å². The molecular weight excluding hydrogens is 270 g/mol. The van der Waals surface area contributed by atoms with Gasteiger partial charge in [-0.2, -0.15) is 15.0 Å². The third kappa shape index (κ3) is 5.14. The minimum absolute atomic E-state index is 0.126. The number of nitrogens with one attached hydrogen (secondary N) is 1. The van der Waals surface area contributed by atoms with Gasteiger partial charge in [0.25, 0.3) is 0 Å². The molecule has 0 aromatic carbocycles. The first-order chi connectivity index (χ1) is 9.10. The van der Waals surface area contributed by atoms with Crippen molar-refractivity contribution in [3.8, 4) is 0 Å². The molecule has 1 heterocycles. The topological polar surface area (TPSA) is 83.4 Å². The van der Waals surface area contributed by atoms with E-state index in [1.165, 1.54) is 7.11 Å². The molecule has 1 aromatic rings. The van der Waals surface area contributed by atoms with Gasteiger partial charge in [-0.05, 0) is 25.4 Å². The van der Waals surface area contributed by atoms with E-state index >= 15 is 0 Å². The van der Waals surface area contributed by atoms with Crippen LogP contribution in [-0.4, -0.2) is 59.5 Å². The summed E-state index contributed by atoms with van der Waals surface area (Å²) >= 11 is 5.87. The maximum Gasteiger partial charge on any atom is 0.231 e. The zero-order valence-electron chi connectivity index (χ0n) is 11.4. The van der Waals surface area contributed by atoms with E-state index < -0.39 is 6.10 Å². The molecule has 1 aromatic heterocycles. The fourth-order valence-corrected chi connectivity index (χ4v) is 1.68. The van der Waals surface area contributed by atoms with Crippen LogP contribution >= 0.6 is 11.6 Å². The molecule has 1 unspecified atom stereocenters. The molecule has 0 spiro atoms. The number of hydrogen-bond donors (Lipinski definition) is 2. The number of halogens is 1. The lowest BCUT2D eigenvalue weighted by molar-refractivity contribution is 0.0726. The van der Waals surface area contributed by atoms with Crippen LogP contribution in [0.2, 0.25) is 5.28 Å². The van der Waals surface area contributed by atoms with Crippen molar-refractivity contribution in [3.05, 3.63) is 5.28 Å². The second-order valence-corrected chi connectivity index (χ2v) is 4.23. The summed E-state index contributed by atoms with van der Waals surface area (Å²) in [5.41, 5.74) is 0. The Hall–Kier alpha value is -1.18. The maximum atomic E-state index is 9.55. The Labute approximate surface area is 118 Å². The third-order valence-electron chi connectivity index (χ3n) is 2.50. The summed E-state index contributed by atoms with van der Waals surface area (Å²) in [7, 11) is 1.53. The van der Waals surface area contributed by atoms with Crippen LogP contribution in [0.5, 0.6) is 0 Å². The van der Waals surface area contributed by atoms with E-state index in [9.17, 15) is 5.11 Å². The summed E-state index contributed by atoms with van der Waals surface area (Å²) in [6.07, 6.45) is -0.627. The highest BCUT2D eigenvalue weighted by Crippen LogP contribution is 2.13. The number of hydrogen-bond acceptors (Lipinski definition) is 7. The monoisotopic (exact) mass is 289 g/mol. The van der Waals surface area contributed by atoms with Gasteiger partial charge in [0, 0.05) is 26.7 Å². The average molecular weight is 290 g/mol. The normalized spacial score (nSPS) is 12.3. The van der Waals surface area contributed by atoms with E-state index in [0.717, 1.165) is 13.1 Å². The lowest BCUT2D eigenvalue weighted by Crippen LogP contribution is -2.27. The highest BCUT2D eigenvalue weighted by atomic mass is 35.5. The van der Waals surface area contributed by atoms with E-state index in [1.807, 2.05) is 18.7 Å². The van der Waals surface area contributed by atoms with Gasteiger partial charge in [-0.3, -0.25) is 0 Å². The number of aliphatic hydroxyl groups is 1. The van der Waals surface area contributed by atoms with Gasteiger partial charge in [-0.25, -0.2) is 0 Å². The van der Waals surface area contributed by atoms with Crippen molar-refractivity contribution in [2.75, 3.05) is 43.6 Å². The Morgan fingerprint density at radius 1 is 1.32 bits per heavy atom. The van der Waals surface area contributed by atoms with Crippen LogP contribution in [0.25, 0.3) is 0 Å². The highest BCUT2D eigenvalue weighted by molar-refractivity contribution is 6.28. The van der Waals surface area contributed by atoms with Crippen LogP contribution in [0.4, 0.5) is 11.9 Å². The molecule has 2 N–H and O–H groups in total. The SMILES string of the molecule is CCN(CC)c1nc(Cl)nc(NCC(O)COC)n1. The van der Waals surface area contributed by atoms with Crippen LogP contribution in [-0.2, 0) is 4.74 Å². The van der Waals surface area contributed by atoms with Gasteiger partial charge in [0.1, 0.15) is 0 Å². The predicted molar refractivity (Wildman–Crippen MR) is 74.8 cm³/mol. The number of rotatable bonds is 8. The summed E-state index contributed by atoms with van der Waals surface area (Å²) in [6.45, 7) is 6.11. The number of aromatic nitrogens is 3. The zero-order valence-corrected chi connectivity index (χ0v) is 12.2. The molecule has 0 amide bonds. The second-order valence-electron chi connectivity index (χ2n) is 3.89. The Kier molecular flexibility index (Phi) is 6.75. The molecule has 0 aliphatic carbocycles. The van der Waals surface area contributed by atoms with E-state index in [0.29, 0.717) is 11.9 Å². The number of ether oxygens (including phenoxy) is 1. The molecule has 0 fully saturated rings. The molecule has 8 heteroatoms. The molecule has 0 radical (unpaired) electrons. The highest BCUT2D eigenvalue weighted by Gasteiger charge is 2.11. The minimum atomic E-state index is -0.627. The van der Waals surface area contributed by atoms with Gasteiger partial charge in [0.05, 0.1) is 12.7 Å². The number of aliphatic hydroxyl groups excluding tert-OH is 1. The summed E-state index contributed by atoms with van der Waals surface area (Å²) in [5, 5.41) is 12.6. The predicted octanol–water partition coefficient (Wildman–Crippen LogP) is 0.790. The minimum Gasteiger partial charge on any atom is -0.389 e. The van der Waals surface area contributed by atoms with Crippen molar-refractivity contribution in [3.63, 3.8) is 0 Å². The summed E-state index contributed by atoms with van der Waals surface area (Å²) < 4.78 is 4.84. The number of methoxy groups -OCH3 is 1. The van der Waals surface area contributed by atoms with Gasteiger partial charge in [0.2, 0.25) is 17.2 Å². The van der Waals surface area contributed by atoms with E-state index in [1.54, 1.807) is 0 Å². The van der Waals surface area contributed by atoms with E-state index in [4.69, 9.17) is 16.3 Å². The Bertz CT molecular complexity index is 389. The average Bonchev–Trinajstić information content (AvgIpc) is 2.38. The zero-order chi connectivity index (χ0) is 14.3. The van der Waals surface area contributed by atoms with Crippen molar-refractivity contribution < 1.29 is 9.84 Å². The van der Waals surface area contributed by atoms with Crippen LogP contribution in [0.3, 0.4) is 0 Å². The Balaban J connectivity index is 2.73. The van der Waals surface area contributed by atoms with Gasteiger partial charge < -0.3 is 20.1 Å². The molecule has 1 rings (SSSR count). The molecule has 19 heavy (non-hydrogen) atoms.